The van der Waals surface area contributed by atoms with Gasteiger partial charge in [-0.1, -0.05) is 12.0 Å². The predicted octanol–water partition coefficient (Wildman–Crippen LogP) is 1.95. The highest BCUT2D eigenvalue weighted by molar-refractivity contribution is 5.19. The number of hydrogen-bond donors (Lipinski definition) is 2. The molecule has 2 N–H and O–H groups in total. The SMILES string of the molecule is CCC1(CNc2nnc(C(C)NC)o2)CC1. The molecule has 1 aromatic rings. The van der Waals surface area contributed by atoms with Crippen molar-refractivity contribution < 1.29 is 4.42 Å². The summed E-state index contributed by atoms with van der Waals surface area (Å²) in [6.07, 6.45) is 3.84. The van der Waals surface area contributed by atoms with Crippen LogP contribution in [0.3, 0.4) is 0 Å². The molecule has 1 aliphatic rings. The van der Waals surface area contributed by atoms with E-state index in [1.54, 1.807) is 0 Å². The molecule has 0 amide bonds. The van der Waals surface area contributed by atoms with Crippen LogP contribution in [0.15, 0.2) is 4.42 Å². The number of aromatic nitrogens is 2. The lowest BCUT2D eigenvalue weighted by molar-refractivity contribution is 0.435. The third-order valence-electron chi connectivity index (χ3n) is 3.57. The average molecular weight is 224 g/mol. The molecule has 1 heterocycles. The summed E-state index contributed by atoms with van der Waals surface area (Å²) in [5.41, 5.74) is 0.489. The molecule has 5 nitrogen and oxygen atoms in total. The van der Waals surface area contributed by atoms with Crippen LogP contribution in [-0.2, 0) is 0 Å². The summed E-state index contributed by atoms with van der Waals surface area (Å²) < 4.78 is 5.51. The lowest BCUT2D eigenvalue weighted by Crippen LogP contribution is -2.14. The van der Waals surface area contributed by atoms with Crippen LogP contribution in [0.2, 0.25) is 0 Å². The van der Waals surface area contributed by atoms with E-state index < -0.39 is 0 Å². The van der Waals surface area contributed by atoms with Gasteiger partial charge in [-0.15, -0.1) is 5.10 Å². The molecule has 1 fully saturated rings. The van der Waals surface area contributed by atoms with E-state index in [1.165, 1.54) is 19.3 Å². The maximum atomic E-state index is 5.51. The molecule has 1 aromatic heterocycles. The van der Waals surface area contributed by atoms with E-state index in [1.807, 2.05) is 14.0 Å². The first-order chi connectivity index (χ1) is 7.69. The molecular formula is C11H20N4O. The number of anilines is 1. The second-order valence-corrected chi connectivity index (χ2v) is 4.66. The Morgan fingerprint density at radius 2 is 2.19 bits per heavy atom. The fourth-order valence-corrected chi connectivity index (χ4v) is 1.70. The fraction of sp³-hybridized carbons (Fsp3) is 0.818. The molecule has 1 saturated carbocycles. The van der Waals surface area contributed by atoms with Crippen molar-refractivity contribution in [3.63, 3.8) is 0 Å². The Kier molecular flexibility index (Phi) is 3.14. The fourth-order valence-electron chi connectivity index (χ4n) is 1.70. The van der Waals surface area contributed by atoms with Gasteiger partial charge in [-0.05, 0) is 38.6 Å². The topological polar surface area (TPSA) is 63.0 Å². The second kappa shape index (κ2) is 4.41. The monoisotopic (exact) mass is 224 g/mol. The molecular weight excluding hydrogens is 204 g/mol. The number of hydrogen-bond acceptors (Lipinski definition) is 5. The summed E-state index contributed by atoms with van der Waals surface area (Å²) in [6, 6.07) is 0.640. The molecule has 0 bridgehead atoms. The first kappa shape index (κ1) is 11.4. The highest BCUT2D eigenvalue weighted by atomic mass is 16.4. The van der Waals surface area contributed by atoms with Crippen LogP contribution in [0.5, 0.6) is 0 Å². The van der Waals surface area contributed by atoms with Gasteiger partial charge in [-0.3, -0.25) is 0 Å². The summed E-state index contributed by atoms with van der Waals surface area (Å²) in [7, 11) is 1.87. The highest BCUT2D eigenvalue weighted by Crippen LogP contribution is 2.48. The van der Waals surface area contributed by atoms with E-state index in [9.17, 15) is 0 Å². The van der Waals surface area contributed by atoms with Gasteiger partial charge in [-0.25, -0.2) is 0 Å². The largest absolute Gasteiger partial charge is 0.406 e. The van der Waals surface area contributed by atoms with Crippen LogP contribution in [0.25, 0.3) is 0 Å². The normalized spacial score (nSPS) is 19.4. The third kappa shape index (κ3) is 2.35. The number of nitrogens with one attached hydrogen (secondary N) is 2. The summed E-state index contributed by atoms with van der Waals surface area (Å²) in [6.45, 7) is 5.17. The quantitative estimate of drug-likeness (QED) is 0.773. The van der Waals surface area contributed by atoms with Gasteiger partial charge < -0.3 is 15.1 Å². The Morgan fingerprint density at radius 3 is 2.75 bits per heavy atom. The molecule has 0 spiro atoms. The highest BCUT2D eigenvalue weighted by Gasteiger charge is 2.40. The van der Waals surface area contributed by atoms with Crippen molar-refractivity contribution in [3.05, 3.63) is 5.89 Å². The van der Waals surface area contributed by atoms with E-state index in [0.29, 0.717) is 17.3 Å². The molecule has 2 rings (SSSR count). The van der Waals surface area contributed by atoms with E-state index in [0.717, 1.165) is 6.54 Å². The van der Waals surface area contributed by atoms with Crippen molar-refractivity contribution in [2.24, 2.45) is 5.41 Å². The maximum absolute atomic E-state index is 5.51. The van der Waals surface area contributed by atoms with Crippen LogP contribution >= 0.6 is 0 Å². The van der Waals surface area contributed by atoms with Gasteiger partial charge in [0.15, 0.2) is 0 Å². The van der Waals surface area contributed by atoms with Gasteiger partial charge in [0, 0.05) is 6.54 Å². The van der Waals surface area contributed by atoms with Crippen LogP contribution in [-0.4, -0.2) is 23.8 Å². The molecule has 0 aromatic carbocycles. The summed E-state index contributed by atoms with van der Waals surface area (Å²) in [5, 5.41) is 14.3. The Balaban J connectivity index is 1.88. The molecule has 90 valence electrons. The Labute approximate surface area is 96.0 Å². The minimum Gasteiger partial charge on any atom is -0.406 e. The zero-order chi connectivity index (χ0) is 11.6. The molecule has 16 heavy (non-hydrogen) atoms. The maximum Gasteiger partial charge on any atom is 0.315 e. The molecule has 0 saturated heterocycles. The Morgan fingerprint density at radius 1 is 1.44 bits per heavy atom. The number of rotatable bonds is 6. The zero-order valence-electron chi connectivity index (χ0n) is 10.2. The molecule has 1 unspecified atom stereocenters. The second-order valence-electron chi connectivity index (χ2n) is 4.66. The molecule has 0 aliphatic heterocycles. The minimum absolute atomic E-state index is 0.101. The van der Waals surface area contributed by atoms with Crippen LogP contribution < -0.4 is 10.6 Å². The molecule has 1 atom stereocenters. The summed E-state index contributed by atoms with van der Waals surface area (Å²) in [4.78, 5) is 0. The molecule has 0 radical (unpaired) electrons. The van der Waals surface area contributed by atoms with Crippen LogP contribution in [0.1, 0.15) is 45.0 Å². The van der Waals surface area contributed by atoms with E-state index in [4.69, 9.17) is 4.42 Å². The van der Waals surface area contributed by atoms with Crippen molar-refractivity contribution in [3.8, 4) is 0 Å². The molecule has 1 aliphatic carbocycles. The van der Waals surface area contributed by atoms with E-state index >= 15 is 0 Å². The lowest BCUT2D eigenvalue weighted by Gasteiger charge is -2.11. The van der Waals surface area contributed by atoms with Gasteiger partial charge in [0.25, 0.3) is 0 Å². The van der Waals surface area contributed by atoms with Gasteiger partial charge in [0.1, 0.15) is 0 Å². The number of nitrogens with zero attached hydrogens (tertiary/aromatic N) is 2. The summed E-state index contributed by atoms with van der Waals surface area (Å²) >= 11 is 0. The van der Waals surface area contributed by atoms with Crippen LogP contribution in [0, 0.1) is 5.41 Å². The van der Waals surface area contributed by atoms with Gasteiger partial charge >= 0.3 is 6.01 Å². The lowest BCUT2D eigenvalue weighted by atomic mass is 10.0. The third-order valence-corrected chi connectivity index (χ3v) is 3.57. The van der Waals surface area contributed by atoms with Crippen molar-refractivity contribution in [1.29, 1.82) is 0 Å². The molecule has 5 heteroatoms. The van der Waals surface area contributed by atoms with Crippen molar-refractivity contribution >= 4 is 6.01 Å². The Bertz CT molecular complexity index is 346. The van der Waals surface area contributed by atoms with Gasteiger partial charge in [-0.2, -0.15) is 0 Å². The van der Waals surface area contributed by atoms with E-state index in [2.05, 4.69) is 27.8 Å². The first-order valence-corrected chi connectivity index (χ1v) is 5.94. The first-order valence-electron chi connectivity index (χ1n) is 5.94. The van der Waals surface area contributed by atoms with Crippen molar-refractivity contribution in [2.45, 2.75) is 39.2 Å². The average Bonchev–Trinajstić information content (AvgIpc) is 2.95. The van der Waals surface area contributed by atoms with E-state index in [-0.39, 0.29) is 6.04 Å². The minimum atomic E-state index is 0.101. The van der Waals surface area contributed by atoms with Crippen LogP contribution in [0.4, 0.5) is 6.01 Å². The standard InChI is InChI=1S/C11H20N4O/c1-4-11(5-6-11)7-13-10-15-14-9(16-10)8(2)12-3/h8,12H,4-7H2,1-3H3,(H,13,15). The van der Waals surface area contributed by atoms with Crippen molar-refractivity contribution in [2.75, 3.05) is 18.9 Å². The predicted molar refractivity (Wildman–Crippen MR) is 62.2 cm³/mol. The Hall–Kier alpha value is -1.10. The van der Waals surface area contributed by atoms with Gasteiger partial charge in [0.05, 0.1) is 6.04 Å². The van der Waals surface area contributed by atoms with Gasteiger partial charge in [0.2, 0.25) is 5.89 Å². The summed E-state index contributed by atoms with van der Waals surface area (Å²) in [5.74, 6) is 0.631. The zero-order valence-corrected chi connectivity index (χ0v) is 10.2. The van der Waals surface area contributed by atoms with Crippen molar-refractivity contribution in [1.82, 2.24) is 15.5 Å². The smallest absolute Gasteiger partial charge is 0.315 e.